The lowest BCUT2D eigenvalue weighted by molar-refractivity contribution is 0.283. The molecule has 2 aliphatic carbocycles. The van der Waals surface area contributed by atoms with E-state index in [2.05, 4.69) is 60.7 Å². The second-order valence-corrected chi connectivity index (χ2v) is 6.92. The number of hydrogen-bond donors (Lipinski definition) is 0. The molecule has 4 rings (SSSR count). The van der Waals surface area contributed by atoms with Crippen LogP contribution in [0, 0.1) is 17.8 Å². The van der Waals surface area contributed by atoms with Gasteiger partial charge in [-0.3, -0.25) is 0 Å². The first-order valence-corrected chi connectivity index (χ1v) is 8.85. The van der Waals surface area contributed by atoms with E-state index in [0.717, 1.165) is 30.1 Å². The average Bonchev–Trinajstić information content (AvgIpc) is 3.23. The summed E-state index contributed by atoms with van der Waals surface area (Å²) < 4.78 is 5.92. The normalized spacial score (nSPS) is 25.0. The molecule has 0 aromatic heterocycles. The van der Waals surface area contributed by atoms with Crippen molar-refractivity contribution < 1.29 is 4.74 Å². The van der Waals surface area contributed by atoms with Gasteiger partial charge in [0.2, 0.25) is 0 Å². The minimum atomic E-state index is 0.836. The summed E-state index contributed by atoms with van der Waals surface area (Å²) in [5.41, 5.74) is 2.50. The molecule has 0 spiro atoms. The second kappa shape index (κ2) is 6.62. The quantitative estimate of drug-likeness (QED) is 0.489. The monoisotopic (exact) mass is 304 g/mol. The van der Waals surface area contributed by atoms with Crippen LogP contribution in [0.4, 0.5) is 0 Å². The SMILES string of the molecule is C1=CC2CC1CC2CCCOc1ccc(-c2ccccc2)cc1. The van der Waals surface area contributed by atoms with E-state index >= 15 is 0 Å². The van der Waals surface area contributed by atoms with Crippen LogP contribution in [0.25, 0.3) is 11.1 Å². The standard InChI is InChI=1S/C22H24O/c1-2-5-18(6-3-1)19-10-12-22(13-11-19)23-14-4-7-20-15-17-8-9-21(20)16-17/h1-3,5-6,8-13,17,20-21H,4,7,14-16H2. The molecule has 2 bridgehead atoms. The summed E-state index contributed by atoms with van der Waals surface area (Å²) in [6, 6.07) is 18.9. The van der Waals surface area contributed by atoms with Crippen molar-refractivity contribution in [1.82, 2.24) is 0 Å². The molecule has 1 saturated carbocycles. The highest BCUT2D eigenvalue weighted by Gasteiger charge is 2.34. The lowest BCUT2D eigenvalue weighted by Crippen LogP contribution is -2.09. The van der Waals surface area contributed by atoms with E-state index in [9.17, 15) is 0 Å². The van der Waals surface area contributed by atoms with E-state index in [0.29, 0.717) is 0 Å². The maximum atomic E-state index is 5.92. The molecule has 2 aromatic rings. The van der Waals surface area contributed by atoms with Crippen LogP contribution in [0.1, 0.15) is 25.7 Å². The van der Waals surface area contributed by atoms with Gasteiger partial charge < -0.3 is 4.74 Å². The van der Waals surface area contributed by atoms with Crippen LogP contribution in [-0.4, -0.2) is 6.61 Å². The third kappa shape index (κ3) is 3.34. The molecule has 3 unspecified atom stereocenters. The fourth-order valence-electron chi connectivity index (χ4n) is 4.14. The summed E-state index contributed by atoms with van der Waals surface area (Å²) in [6.45, 7) is 0.836. The van der Waals surface area contributed by atoms with Crippen LogP contribution in [0.5, 0.6) is 5.75 Å². The molecule has 0 heterocycles. The summed E-state index contributed by atoms with van der Waals surface area (Å²) in [5, 5.41) is 0. The van der Waals surface area contributed by atoms with E-state index in [1.54, 1.807) is 0 Å². The van der Waals surface area contributed by atoms with Crippen molar-refractivity contribution in [1.29, 1.82) is 0 Å². The number of benzene rings is 2. The first-order chi connectivity index (χ1) is 11.4. The zero-order chi connectivity index (χ0) is 15.5. The van der Waals surface area contributed by atoms with E-state index in [4.69, 9.17) is 4.74 Å². The van der Waals surface area contributed by atoms with Crippen LogP contribution in [-0.2, 0) is 0 Å². The van der Waals surface area contributed by atoms with Crippen LogP contribution in [0.3, 0.4) is 0 Å². The Kier molecular flexibility index (Phi) is 4.19. The van der Waals surface area contributed by atoms with Crippen molar-refractivity contribution in [3.05, 3.63) is 66.7 Å². The molecule has 3 atom stereocenters. The molecule has 1 heteroatoms. The molecule has 0 saturated heterocycles. The fourth-order valence-corrected chi connectivity index (χ4v) is 4.14. The Morgan fingerprint density at radius 2 is 1.61 bits per heavy atom. The zero-order valence-corrected chi connectivity index (χ0v) is 13.5. The van der Waals surface area contributed by atoms with Crippen molar-refractivity contribution in [2.75, 3.05) is 6.61 Å². The van der Waals surface area contributed by atoms with Gasteiger partial charge in [0.05, 0.1) is 6.61 Å². The van der Waals surface area contributed by atoms with E-state index in [1.165, 1.54) is 36.8 Å². The fraction of sp³-hybridized carbons (Fsp3) is 0.364. The Morgan fingerprint density at radius 1 is 0.826 bits per heavy atom. The topological polar surface area (TPSA) is 9.23 Å². The van der Waals surface area contributed by atoms with Gasteiger partial charge >= 0.3 is 0 Å². The summed E-state index contributed by atoms with van der Waals surface area (Å²) in [7, 11) is 0. The summed E-state index contributed by atoms with van der Waals surface area (Å²) in [6.07, 6.45) is 10.2. The molecule has 1 fully saturated rings. The van der Waals surface area contributed by atoms with Gasteiger partial charge in [-0.2, -0.15) is 0 Å². The van der Waals surface area contributed by atoms with Gasteiger partial charge in [0.1, 0.15) is 5.75 Å². The molecule has 2 aromatic carbocycles. The summed E-state index contributed by atoms with van der Waals surface area (Å²) >= 11 is 0. The van der Waals surface area contributed by atoms with Crippen LogP contribution in [0.2, 0.25) is 0 Å². The highest BCUT2D eigenvalue weighted by atomic mass is 16.5. The van der Waals surface area contributed by atoms with Crippen LogP contribution >= 0.6 is 0 Å². The molecular weight excluding hydrogens is 280 g/mol. The molecule has 118 valence electrons. The van der Waals surface area contributed by atoms with Crippen molar-refractivity contribution in [3.8, 4) is 16.9 Å². The number of allylic oxidation sites excluding steroid dienone is 2. The molecule has 2 aliphatic rings. The molecule has 0 aliphatic heterocycles. The van der Waals surface area contributed by atoms with Gasteiger partial charge in [0.25, 0.3) is 0 Å². The third-order valence-corrected chi connectivity index (χ3v) is 5.37. The average molecular weight is 304 g/mol. The molecular formula is C22H24O. The first kappa shape index (κ1) is 14.6. The smallest absolute Gasteiger partial charge is 0.119 e. The lowest BCUT2D eigenvalue weighted by Gasteiger charge is -2.17. The van der Waals surface area contributed by atoms with Gasteiger partial charge in [-0.25, -0.2) is 0 Å². The van der Waals surface area contributed by atoms with E-state index < -0.39 is 0 Å². The largest absolute Gasteiger partial charge is 0.494 e. The van der Waals surface area contributed by atoms with Gasteiger partial charge in [-0.15, -0.1) is 0 Å². The van der Waals surface area contributed by atoms with Gasteiger partial charge in [0.15, 0.2) is 0 Å². The third-order valence-electron chi connectivity index (χ3n) is 5.37. The Bertz CT molecular complexity index is 656. The molecule has 23 heavy (non-hydrogen) atoms. The predicted molar refractivity (Wildman–Crippen MR) is 95.5 cm³/mol. The highest BCUT2D eigenvalue weighted by Crippen LogP contribution is 2.45. The van der Waals surface area contributed by atoms with Crippen LogP contribution < -0.4 is 4.74 Å². The van der Waals surface area contributed by atoms with Gasteiger partial charge in [-0.1, -0.05) is 54.6 Å². The molecule has 0 amide bonds. The van der Waals surface area contributed by atoms with E-state index in [-0.39, 0.29) is 0 Å². The Labute approximate surface area is 139 Å². The minimum Gasteiger partial charge on any atom is -0.494 e. The Morgan fingerprint density at radius 3 is 2.30 bits per heavy atom. The van der Waals surface area contributed by atoms with Crippen LogP contribution in [0.15, 0.2) is 66.7 Å². The summed E-state index contributed by atoms with van der Waals surface area (Å²) in [4.78, 5) is 0. The minimum absolute atomic E-state index is 0.836. The first-order valence-electron chi connectivity index (χ1n) is 8.85. The maximum absolute atomic E-state index is 5.92. The van der Waals surface area contributed by atoms with E-state index in [1.807, 2.05) is 6.07 Å². The maximum Gasteiger partial charge on any atom is 0.119 e. The zero-order valence-electron chi connectivity index (χ0n) is 13.5. The van der Waals surface area contributed by atoms with Gasteiger partial charge in [0, 0.05) is 0 Å². The molecule has 0 N–H and O–H groups in total. The number of rotatable bonds is 6. The Hall–Kier alpha value is -2.02. The molecule has 0 radical (unpaired) electrons. The van der Waals surface area contributed by atoms with Gasteiger partial charge in [-0.05, 0) is 66.7 Å². The lowest BCUT2D eigenvalue weighted by atomic mass is 9.89. The van der Waals surface area contributed by atoms with Crippen molar-refractivity contribution in [2.24, 2.45) is 17.8 Å². The highest BCUT2D eigenvalue weighted by molar-refractivity contribution is 5.63. The molecule has 1 nitrogen and oxygen atoms in total. The number of fused-ring (bicyclic) bond motifs is 2. The van der Waals surface area contributed by atoms with Crippen molar-refractivity contribution >= 4 is 0 Å². The predicted octanol–water partition coefficient (Wildman–Crippen LogP) is 5.72. The summed E-state index contributed by atoms with van der Waals surface area (Å²) in [5.74, 6) is 3.65. The van der Waals surface area contributed by atoms with Crippen molar-refractivity contribution in [3.63, 3.8) is 0 Å². The second-order valence-electron chi connectivity index (χ2n) is 6.92. The number of hydrogen-bond acceptors (Lipinski definition) is 1. The van der Waals surface area contributed by atoms with Crippen molar-refractivity contribution in [2.45, 2.75) is 25.7 Å². The number of ether oxygens (including phenoxy) is 1. The Balaban J connectivity index is 1.24.